The van der Waals surface area contributed by atoms with Crippen LogP contribution in [0.25, 0.3) is 22.3 Å². The number of fused-ring (bicyclic) bond motifs is 1. The van der Waals surface area contributed by atoms with Crippen LogP contribution in [0.2, 0.25) is 0 Å². The first-order valence-electron chi connectivity index (χ1n) is 7.78. The minimum absolute atomic E-state index is 0.817. The molecule has 0 amide bonds. The highest BCUT2D eigenvalue weighted by atomic mass is 32.2. The van der Waals surface area contributed by atoms with E-state index in [1.54, 1.807) is 7.11 Å². The fraction of sp³-hybridized carbons (Fsp3) is 0.100. The summed E-state index contributed by atoms with van der Waals surface area (Å²) in [7, 11) is 1.68. The molecule has 120 valence electrons. The number of rotatable bonds is 3. The summed E-state index contributed by atoms with van der Waals surface area (Å²) in [6.45, 7) is 0.817. The first-order chi connectivity index (χ1) is 11.8. The standard InChI is InChI=1S/C20H17NO2S/c1-22-18-11-9-15(10-12-18)14-5-7-16(8-6-14)19-4-2-3-17-13-21-24-23-20(17)19/h2-12,21H,13H2,1H3. The number of nitrogens with one attached hydrogen (secondary N) is 1. The van der Waals surface area contributed by atoms with Crippen molar-refractivity contribution >= 4 is 12.2 Å². The van der Waals surface area contributed by atoms with Gasteiger partial charge in [-0.2, -0.15) is 0 Å². The van der Waals surface area contributed by atoms with Gasteiger partial charge in [-0.25, -0.2) is 4.72 Å². The molecule has 4 rings (SSSR count). The van der Waals surface area contributed by atoms with Crippen LogP contribution in [0, 0.1) is 0 Å². The molecule has 1 aliphatic heterocycles. The Hall–Kier alpha value is -2.43. The summed E-state index contributed by atoms with van der Waals surface area (Å²) in [5.74, 6) is 1.83. The van der Waals surface area contributed by atoms with Gasteiger partial charge in [0, 0.05) is 17.7 Å². The van der Waals surface area contributed by atoms with Crippen LogP contribution < -0.4 is 13.6 Å². The highest BCUT2D eigenvalue weighted by Crippen LogP contribution is 2.37. The van der Waals surface area contributed by atoms with Crippen LogP contribution in [-0.2, 0) is 6.54 Å². The molecule has 0 fully saturated rings. The molecule has 24 heavy (non-hydrogen) atoms. The first kappa shape index (κ1) is 15.1. The molecule has 0 spiro atoms. The molecule has 0 aromatic heterocycles. The number of hydrogen-bond acceptors (Lipinski definition) is 4. The number of hydrogen-bond donors (Lipinski definition) is 1. The van der Waals surface area contributed by atoms with Crippen molar-refractivity contribution in [3.05, 3.63) is 72.3 Å². The minimum Gasteiger partial charge on any atom is -0.497 e. The van der Waals surface area contributed by atoms with E-state index in [0.717, 1.165) is 29.2 Å². The molecule has 1 N–H and O–H groups in total. The average Bonchev–Trinajstić information content (AvgIpc) is 2.68. The van der Waals surface area contributed by atoms with Gasteiger partial charge < -0.3 is 8.92 Å². The van der Waals surface area contributed by atoms with E-state index in [9.17, 15) is 0 Å². The number of ether oxygens (including phenoxy) is 1. The second-order valence-corrected chi connectivity index (χ2v) is 6.21. The van der Waals surface area contributed by atoms with Crippen molar-refractivity contribution in [2.24, 2.45) is 0 Å². The zero-order valence-corrected chi connectivity index (χ0v) is 14.1. The van der Waals surface area contributed by atoms with Crippen LogP contribution in [0.3, 0.4) is 0 Å². The van der Waals surface area contributed by atoms with Gasteiger partial charge in [-0.15, -0.1) is 0 Å². The van der Waals surface area contributed by atoms with E-state index in [4.69, 9.17) is 8.92 Å². The SMILES string of the molecule is COc1ccc(-c2ccc(-c3cccc4c3OSNC4)cc2)cc1. The van der Waals surface area contributed by atoms with Crippen molar-refractivity contribution in [2.75, 3.05) is 7.11 Å². The summed E-state index contributed by atoms with van der Waals surface area (Å²) in [4.78, 5) is 0. The van der Waals surface area contributed by atoms with Crippen LogP contribution in [0.1, 0.15) is 5.56 Å². The second-order valence-electron chi connectivity index (χ2n) is 5.59. The molecule has 0 atom stereocenters. The largest absolute Gasteiger partial charge is 0.497 e. The van der Waals surface area contributed by atoms with E-state index in [2.05, 4.69) is 59.3 Å². The monoisotopic (exact) mass is 335 g/mol. The van der Waals surface area contributed by atoms with Crippen LogP contribution in [0.5, 0.6) is 11.5 Å². The average molecular weight is 335 g/mol. The summed E-state index contributed by atoms with van der Waals surface area (Å²) in [6, 6.07) is 23.0. The van der Waals surface area contributed by atoms with Gasteiger partial charge in [0.25, 0.3) is 0 Å². The number of methoxy groups -OCH3 is 1. The Morgan fingerprint density at radius 2 is 1.54 bits per heavy atom. The topological polar surface area (TPSA) is 30.5 Å². The van der Waals surface area contributed by atoms with Gasteiger partial charge in [0.1, 0.15) is 18.0 Å². The maximum absolute atomic E-state index is 5.74. The van der Waals surface area contributed by atoms with E-state index < -0.39 is 0 Å². The molecule has 1 aliphatic rings. The van der Waals surface area contributed by atoms with Gasteiger partial charge in [0.15, 0.2) is 5.75 Å². The third-order valence-electron chi connectivity index (χ3n) is 4.16. The predicted molar refractivity (Wildman–Crippen MR) is 98.9 cm³/mol. The minimum atomic E-state index is 0.817. The molecular weight excluding hydrogens is 318 g/mol. The lowest BCUT2D eigenvalue weighted by molar-refractivity contribution is 0.415. The van der Waals surface area contributed by atoms with E-state index in [1.807, 2.05) is 12.1 Å². The Balaban J connectivity index is 1.66. The molecule has 3 nitrogen and oxygen atoms in total. The van der Waals surface area contributed by atoms with Gasteiger partial charge in [-0.1, -0.05) is 54.6 Å². The van der Waals surface area contributed by atoms with Crippen molar-refractivity contribution in [1.29, 1.82) is 0 Å². The van der Waals surface area contributed by atoms with Gasteiger partial charge in [0.2, 0.25) is 0 Å². The van der Waals surface area contributed by atoms with Crippen LogP contribution in [-0.4, -0.2) is 7.11 Å². The summed E-state index contributed by atoms with van der Waals surface area (Å²) in [5.41, 5.74) is 5.83. The lowest BCUT2D eigenvalue weighted by atomic mass is 9.98. The molecule has 1 heterocycles. The summed E-state index contributed by atoms with van der Waals surface area (Å²) in [5, 5.41) is 0. The molecule has 0 aliphatic carbocycles. The molecule has 3 aromatic rings. The molecule has 4 heteroatoms. The Kier molecular flexibility index (Phi) is 4.15. The summed E-state index contributed by atoms with van der Waals surface area (Å²) in [6.07, 6.45) is 0. The Morgan fingerprint density at radius 3 is 2.25 bits per heavy atom. The van der Waals surface area contributed by atoms with E-state index >= 15 is 0 Å². The van der Waals surface area contributed by atoms with E-state index in [0.29, 0.717) is 0 Å². The predicted octanol–water partition coefficient (Wildman–Crippen LogP) is 5.07. The summed E-state index contributed by atoms with van der Waals surface area (Å²) < 4.78 is 14.1. The highest BCUT2D eigenvalue weighted by Gasteiger charge is 2.16. The summed E-state index contributed by atoms with van der Waals surface area (Å²) >= 11 is 1.29. The smallest absolute Gasteiger partial charge is 0.151 e. The Bertz CT molecular complexity index is 845. The molecule has 0 unspecified atom stereocenters. The fourth-order valence-electron chi connectivity index (χ4n) is 2.85. The van der Waals surface area contributed by atoms with Crippen molar-refractivity contribution in [3.63, 3.8) is 0 Å². The second kappa shape index (κ2) is 6.59. The first-order valence-corrected chi connectivity index (χ1v) is 8.52. The molecule has 3 aromatic carbocycles. The van der Waals surface area contributed by atoms with Crippen molar-refractivity contribution in [2.45, 2.75) is 6.54 Å². The van der Waals surface area contributed by atoms with Gasteiger partial charge in [-0.3, -0.25) is 0 Å². The fourth-order valence-corrected chi connectivity index (χ4v) is 3.41. The lowest BCUT2D eigenvalue weighted by Crippen LogP contribution is -2.12. The van der Waals surface area contributed by atoms with E-state index in [1.165, 1.54) is 28.9 Å². The number of para-hydroxylation sites is 1. The quantitative estimate of drug-likeness (QED) is 0.534. The Labute approximate surface area is 146 Å². The molecule has 0 saturated carbocycles. The molecule has 0 radical (unpaired) electrons. The van der Waals surface area contributed by atoms with E-state index in [-0.39, 0.29) is 0 Å². The zero-order valence-electron chi connectivity index (χ0n) is 13.3. The van der Waals surface area contributed by atoms with Gasteiger partial charge >= 0.3 is 0 Å². The van der Waals surface area contributed by atoms with Crippen LogP contribution >= 0.6 is 12.2 Å². The Morgan fingerprint density at radius 1 is 0.875 bits per heavy atom. The molecular formula is C20H17NO2S. The van der Waals surface area contributed by atoms with Crippen molar-refractivity contribution in [1.82, 2.24) is 4.72 Å². The number of benzene rings is 3. The van der Waals surface area contributed by atoms with Crippen molar-refractivity contribution < 1.29 is 8.92 Å². The van der Waals surface area contributed by atoms with Crippen LogP contribution in [0.4, 0.5) is 0 Å². The maximum atomic E-state index is 5.74. The van der Waals surface area contributed by atoms with Crippen LogP contribution in [0.15, 0.2) is 66.7 Å². The third-order valence-corrected chi connectivity index (χ3v) is 4.67. The lowest BCUT2D eigenvalue weighted by Gasteiger charge is -2.19. The zero-order chi connectivity index (χ0) is 16.4. The van der Waals surface area contributed by atoms with Crippen molar-refractivity contribution in [3.8, 4) is 33.8 Å². The highest BCUT2D eigenvalue weighted by molar-refractivity contribution is 7.93. The van der Waals surface area contributed by atoms with Gasteiger partial charge in [-0.05, 0) is 28.8 Å². The molecule has 0 bridgehead atoms. The normalized spacial score (nSPS) is 13.0. The van der Waals surface area contributed by atoms with Gasteiger partial charge in [0.05, 0.1) is 7.11 Å². The molecule has 0 saturated heterocycles. The maximum Gasteiger partial charge on any atom is 0.151 e. The third kappa shape index (κ3) is 2.86.